The minimum atomic E-state index is -0.915. The molecule has 1 fully saturated rings. The summed E-state index contributed by atoms with van der Waals surface area (Å²) in [4.78, 5) is 18.2. The van der Waals surface area contributed by atoms with Crippen LogP contribution in [0.2, 0.25) is 0 Å². The van der Waals surface area contributed by atoms with E-state index >= 15 is 0 Å². The van der Waals surface area contributed by atoms with E-state index in [0.717, 1.165) is 30.9 Å². The molecule has 0 saturated carbocycles. The van der Waals surface area contributed by atoms with Gasteiger partial charge in [0, 0.05) is 25.8 Å². The summed E-state index contributed by atoms with van der Waals surface area (Å²) in [5.41, 5.74) is 1.09. The molecule has 0 aromatic carbocycles. The number of piperidine rings is 1. The fourth-order valence-electron chi connectivity index (χ4n) is 2.79. The smallest absolute Gasteiger partial charge is 0.222 e. The zero-order chi connectivity index (χ0) is 14.6. The summed E-state index contributed by atoms with van der Waals surface area (Å²) >= 11 is 0. The van der Waals surface area contributed by atoms with Crippen molar-refractivity contribution in [2.24, 2.45) is 0 Å². The van der Waals surface area contributed by atoms with Crippen LogP contribution in [0.15, 0.2) is 18.2 Å². The highest BCUT2D eigenvalue weighted by Crippen LogP contribution is 2.25. The number of amides is 1. The number of aliphatic hydroxyl groups is 1. The van der Waals surface area contributed by atoms with Crippen molar-refractivity contribution in [1.82, 2.24) is 15.2 Å². The highest BCUT2D eigenvalue weighted by molar-refractivity contribution is 5.76. The van der Waals surface area contributed by atoms with Crippen molar-refractivity contribution in [2.75, 3.05) is 20.1 Å². The molecule has 2 rings (SSSR count). The number of likely N-dealkylation sites (tertiary alicyclic amines) is 1. The van der Waals surface area contributed by atoms with Gasteiger partial charge in [-0.2, -0.15) is 0 Å². The molecular weight excluding hydrogens is 254 g/mol. The van der Waals surface area contributed by atoms with Gasteiger partial charge in [0.15, 0.2) is 0 Å². The molecule has 2 heterocycles. The SMILES string of the molecule is CNC(=O)CC1(O)CCCN(Cc2cccc(C)n2)C1. The van der Waals surface area contributed by atoms with Crippen LogP contribution in [-0.4, -0.2) is 46.6 Å². The number of nitrogens with zero attached hydrogens (tertiary/aromatic N) is 2. The van der Waals surface area contributed by atoms with Crippen LogP contribution >= 0.6 is 0 Å². The molecule has 20 heavy (non-hydrogen) atoms. The molecule has 1 unspecified atom stereocenters. The second kappa shape index (κ2) is 6.33. The highest BCUT2D eigenvalue weighted by atomic mass is 16.3. The molecule has 1 aromatic rings. The topological polar surface area (TPSA) is 65.5 Å². The van der Waals surface area contributed by atoms with Gasteiger partial charge in [-0.05, 0) is 38.4 Å². The first-order chi connectivity index (χ1) is 9.50. The molecule has 5 heteroatoms. The maximum absolute atomic E-state index is 11.5. The normalized spacial score (nSPS) is 23.6. The van der Waals surface area contributed by atoms with Gasteiger partial charge in [0.2, 0.25) is 5.91 Å². The Kier molecular flexibility index (Phi) is 4.73. The second-order valence-electron chi connectivity index (χ2n) is 5.66. The number of carbonyl (C=O) groups excluding carboxylic acids is 1. The number of hydrogen-bond donors (Lipinski definition) is 2. The van der Waals surface area contributed by atoms with Crippen LogP contribution in [0.1, 0.15) is 30.7 Å². The third-order valence-electron chi connectivity index (χ3n) is 3.73. The number of rotatable bonds is 4. The van der Waals surface area contributed by atoms with E-state index in [1.807, 2.05) is 25.1 Å². The van der Waals surface area contributed by atoms with E-state index in [2.05, 4.69) is 15.2 Å². The molecule has 0 bridgehead atoms. The number of hydrogen-bond acceptors (Lipinski definition) is 4. The van der Waals surface area contributed by atoms with Gasteiger partial charge >= 0.3 is 0 Å². The summed E-state index contributed by atoms with van der Waals surface area (Å²) in [7, 11) is 1.60. The Morgan fingerprint density at radius 2 is 2.35 bits per heavy atom. The molecule has 1 amide bonds. The first-order valence-corrected chi connectivity index (χ1v) is 7.09. The number of aromatic nitrogens is 1. The van der Waals surface area contributed by atoms with E-state index in [1.165, 1.54) is 0 Å². The van der Waals surface area contributed by atoms with E-state index in [9.17, 15) is 9.90 Å². The predicted octanol–water partition coefficient (Wildman–Crippen LogP) is 0.853. The van der Waals surface area contributed by atoms with Gasteiger partial charge in [0.1, 0.15) is 0 Å². The van der Waals surface area contributed by atoms with Crippen LogP contribution in [0.25, 0.3) is 0 Å². The highest BCUT2D eigenvalue weighted by Gasteiger charge is 2.35. The van der Waals surface area contributed by atoms with E-state index in [-0.39, 0.29) is 12.3 Å². The lowest BCUT2D eigenvalue weighted by molar-refractivity contribution is -0.128. The van der Waals surface area contributed by atoms with Crippen molar-refractivity contribution in [3.63, 3.8) is 0 Å². The van der Waals surface area contributed by atoms with Gasteiger partial charge in [-0.3, -0.25) is 14.7 Å². The zero-order valence-electron chi connectivity index (χ0n) is 12.2. The van der Waals surface area contributed by atoms with Crippen molar-refractivity contribution in [3.05, 3.63) is 29.6 Å². The van der Waals surface area contributed by atoms with Crippen molar-refractivity contribution >= 4 is 5.91 Å². The molecule has 1 saturated heterocycles. The monoisotopic (exact) mass is 277 g/mol. The minimum absolute atomic E-state index is 0.108. The van der Waals surface area contributed by atoms with Crippen molar-refractivity contribution in [1.29, 1.82) is 0 Å². The Morgan fingerprint density at radius 3 is 3.05 bits per heavy atom. The maximum Gasteiger partial charge on any atom is 0.222 e. The molecule has 110 valence electrons. The predicted molar refractivity (Wildman–Crippen MR) is 77.1 cm³/mol. The Morgan fingerprint density at radius 1 is 1.55 bits per heavy atom. The number of β-amino-alcohol motifs (C(OH)–C–C–N with tert-alkyl or cyclic N) is 1. The lowest BCUT2D eigenvalue weighted by Crippen LogP contribution is -2.49. The average molecular weight is 277 g/mol. The van der Waals surface area contributed by atoms with Crippen LogP contribution in [0, 0.1) is 6.92 Å². The summed E-state index contributed by atoms with van der Waals surface area (Å²) in [5, 5.41) is 13.1. The van der Waals surface area contributed by atoms with E-state index in [0.29, 0.717) is 13.0 Å². The summed E-state index contributed by atoms with van der Waals surface area (Å²) in [5.74, 6) is -0.108. The fourth-order valence-corrected chi connectivity index (χ4v) is 2.79. The third kappa shape index (κ3) is 4.02. The van der Waals surface area contributed by atoms with Gasteiger partial charge in [0.25, 0.3) is 0 Å². The standard InChI is InChI=1S/C15H23N3O2/c1-12-5-3-6-13(17-12)10-18-8-4-7-15(20,11-18)9-14(19)16-2/h3,5-6,20H,4,7-11H2,1-2H3,(H,16,19). The summed E-state index contributed by atoms with van der Waals surface area (Å²) in [6.45, 7) is 4.15. The summed E-state index contributed by atoms with van der Waals surface area (Å²) in [6, 6.07) is 5.97. The van der Waals surface area contributed by atoms with Crippen molar-refractivity contribution in [3.8, 4) is 0 Å². The van der Waals surface area contributed by atoms with Crippen molar-refractivity contribution in [2.45, 2.75) is 38.3 Å². The van der Waals surface area contributed by atoms with Gasteiger partial charge < -0.3 is 10.4 Å². The van der Waals surface area contributed by atoms with Gasteiger partial charge in [-0.1, -0.05) is 6.07 Å². The maximum atomic E-state index is 11.5. The van der Waals surface area contributed by atoms with Crippen molar-refractivity contribution < 1.29 is 9.90 Å². The first-order valence-electron chi connectivity index (χ1n) is 7.09. The lowest BCUT2D eigenvalue weighted by atomic mass is 9.89. The molecule has 2 N–H and O–H groups in total. The molecule has 5 nitrogen and oxygen atoms in total. The Hall–Kier alpha value is -1.46. The Labute approximate surface area is 120 Å². The summed E-state index contributed by atoms with van der Waals surface area (Å²) < 4.78 is 0. The Balaban J connectivity index is 1.98. The van der Waals surface area contributed by atoms with Crippen LogP contribution in [0.3, 0.4) is 0 Å². The van der Waals surface area contributed by atoms with Gasteiger partial charge in [-0.25, -0.2) is 0 Å². The quantitative estimate of drug-likeness (QED) is 0.856. The largest absolute Gasteiger partial charge is 0.388 e. The molecule has 0 aliphatic carbocycles. The van der Waals surface area contributed by atoms with Gasteiger partial charge in [-0.15, -0.1) is 0 Å². The number of nitrogens with one attached hydrogen (secondary N) is 1. The summed E-state index contributed by atoms with van der Waals surface area (Å²) in [6.07, 6.45) is 1.75. The molecule has 1 atom stereocenters. The molecule has 0 radical (unpaired) electrons. The minimum Gasteiger partial charge on any atom is -0.388 e. The van der Waals surface area contributed by atoms with E-state index in [4.69, 9.17) is 0 Å². The number of pyridine rings is 1. The van der Waals surface area contributed by atoms with Crippen LogP contribution < -0.4 is 5.32 Å². The molecule has 1 aromatic heterocycles. The number of aryl methyl sites for hydroxylation is 1. The molecule has 1 aliphatic heterocycles. The van der Waals surface area contributed by atoms with Gasteiger partial charge in [0.05, 0.1) is 17.7 Å². The molecule has 1 aliphatic rings. The zero-order valence-corrected chi connectivity index (χ0v) is 12.2. The third-order valence-corrected chi connectivity index (χ3v) is 3.73. The van der Waals surface area contributed by atoms with E-state index in [1.54, 1.807) is 7.05 Å². The van der Waals surface area contributed by atoms with Crippen LogP contribution in [-0.2, 0) is 11.3 Å². The van der Waals surface area contributed by atoms with Crippen LogP contribution in [0.4, 0.5) is 0 Å². The number of carbonyl (C=O) groups is 1. The average Bonchev–Trinajstić information content (AvgIpc) is 2.38. The van der Waals surface area contributed by atoms with E-state index < -0.39 is 5.60 Å². The Bertz CT molecular complexity index is 478. The second-order valence-corrected chi connectivity index (χ2v) is 5.66. The van der Waals surface area contributed by atoms with Crippen LogP contribution in [0.5, 0.6) is 0 Å². The fraction of sp³-hybridized carbons (Fsp3) is 0.600. The lowest BCUT2D eigenvalue weighted by Gasteiger charge is -2.38. The first kappa shape index (κ1) is 14.9. The molecule has 0 spiro atoms. The molecular formula is C15H23N3O2.